The first-order valence-corrected chi connectivity index (χ1v) is 8.77. The van der Waals surface area contributed by atoms with Crippen LogP contribution >= 0.6 is 0 Å². The molecule has 0 heterocycles. The number of nitrogens with one attached hydrogen (secondary N) is 1. The van der Waals surface area contributed by atoms with Crippen molar-refractivity contribution in [1.29, 1.82) is 5.26 Å². The monoisotopic (exact) mass is 362 g/mol. The summed E-state index contributed by atoms with van der Waals surface area (Å²) >= 11 is 0. The third kappa shape index (κ3) is 3.95. The first-order valence-electron chi connectivity index (χ1n) is 7.29. The van der Waals surface area contributed by atoms with Crippen LogP contribution in [0.5, 0.6) is 0 Å². The Kier molecular flexibility index (Phi) is 5.39. The molecule has 130 valence electrons. The van der Waals surface area contributed by atoms with E-state index in [0.717, 1.165) is 12.1 Å². The third-order valence-electron chi connectivity index (χ3n) is 3.40. The van der Waals surface area contributed by atoms with E-state index in [9.17, 15) is 17.6 Å². The van der Waals surface area contributed by atoms with E-state index in [1.54, 1.807) is 6.92 Å². The summed E-state index contributed by atoms with van der Waals surface area (Å²) in [5.74, 6) is -1.44. The molecule has 8 heteroatoms. The quantitative estimate of drug-likeness (QED) is 0.825. The number of nitriles is 1. The highest BCUT2D eigenvalue weighted by atomic mass is 32.2. The van der Waals surface area contributed by atoms with Crippen molar-refractivity contribution < 1.29 is 22.3 Å². The van der Waals surface area contributed by atoms with Crippen molar-refractivity contribution in [3.05, 3.63) is 58.9 Å². The minimum absolute atomic E-state index is 0.0365. The summed E-state index contributed by atoms with van der Waals surface area (Å²) in [4.78, 5) is 11.9. The summed E-state index contributed by atoms with van der Waals surface area (Å²) in [6, 6.07) is 9.41. The van der Waals surface area contributed by atoms with Crippen LogP contribution in [0.15, 0.2) is 41.3 Å². The van der Waals surface area contributed by atoms with Crippen molar-refractivity contribution in [2.45, 2.75) is 18.7 Å². The van der Waals surface area contributed by atoms with Gasteiger partial charge < -0.3 is 4.74 Å². The van der Waals surface area contributed by atoms with E-state index in [1.807, 2.05) is 6.07 Å². The van der Waals surface area contributed by atoms with Crippen LogP contribution in [0.3, 0.4) is 0 Å². The molecule has 0 aliphatic rings. The van der Waals surface area contributed by atoms with Crippen molar-refractivity contribution in [2.24, 2.45) is 0 Å². The highest BCUT2D eigenvalue weighted by molar-refractivity contribution is 7.92. The molecular formula is C17H15FN2O4S. The smallest absolute Gasteiger partial charge is 0.340 e. The van der Waals surface area contributed by atoms with Crippen molar-refractivity contribution in [3.8, 4) is 6.07 Å². The van der Waals surface area contributed by atoms with E-state index in [1.165, 1.54) is 31.2 Å². The van der Waals surface area contributed by atoms with Gasteiger partial charge in [-0.2, -0.15) is 5.26 Å². The van der Waals surface area contributed by atoms with Gasteiger partial charge in [0.25, 0.3) is 10.0 Å². The van der Waals surface area contributed by atoms with Crippen molar-refractivity contribution in [3.63, 3.8) is 0 Å². The van der Waals surface area contributed by atoms with E-state index in [2.05, 4.69) is 4.72 Å². The normalized spacial score (nSPS) is 10.8. The largest absolute Gasteiger partial charge is 0.462 e. The first-order chi connectivity index (χ1) is 11.8. The Morgan fingerprint density at radius 1 is 1.32 bits per heavy atom. The fourth-order valence-electron chi connectivity index (χ4n) is 2.12. The summed E-state index contributed by atoms with van der Waals surface area (Å²) in [5, 5.41) is 8.90. The number of esters is 1. The predicted octanol–water partition coefficient (Wildman–Crippen LogP) is 2.98. The topological polar surface area (TPSA) is 96.3 Å². The van der Waals surface area contributed by atoms with Crippen LogP contribution in [0.1, 0.15) is 28.4 Å². The molecule has 0 amide bonds. The Labute approximate surface area is 144 Å². The number of benzene rings is 2. The van der Waals surface area contributed by atoms with Crippen molar-refractivity contribution >= 4 is 21.7 Å². The molecule has 0 unspecified atom stereocenters. The van der Waals surface area contributed by atoms with Gasteiger partial charge in [0.1, 0.15) is 5.82 Å². The maximum absolute atomic E-state index is 13.9. The summed E-state index contributed by atoms with van der Waals surface area (Å²) < 4.78 is 46.1. The van der Waals surface area contributed by atoms with Gasteiger partial charge in [0.2, 0.25) is 0 Å². The number of ether oxygens (including phenoxy) is 1. The van der Waals surface area contributed by atoms with Gasteiger partial charge in [-0.1, -0.05) is 6.07 Å². The molecule has 0 aliphatic heterocycles. The van der Waals surface area contributed by atoms with E-state index >= 15 is 0 Å². The second-order valence-corrected chi connectivity index (χ2v) is 6.74. The average molecular weight is 362 g/mol. The van der Waals surface area contributed by atoms with Gasteiger partial charge in [0.15, 0.2) is 0 Å². The van der Waals surface area contributed by atoms with Gasteiger partial charge in [0.05, 0.1) is 34.4 Å². The van der Waals surface area contributed by atoms with Gasteiger partial charge in [-0.15, -0.1) is 0 Å². The fraction of sp³-hybridized carbons (Fsp3) is 0.176. The van der Waals surface area contributed by atoms with Crippen molar-refractivity contribution in [2.75, 3.05) is 11.3 Å². The van der Waals surface area contributed by atoms with E-state index in [4.69, 9.17) is 10.00 Å². The molecule has 6 nitrogen and oxygen atoms in total. The first kappa shape index (κ1) is 18.4. The number of halogens is 1. The van der Waals surface area contributed by atoms with E-state index in [0.29, 0.717) is 0 Å². The minimum Gasteiger partial charge on any atom is -0.462 e. The summed E-state index contributed by atoms with van der Waals surface area (Å²) in [5.41, 5.74) is -0.170. The summed E-state index contributed by atoms with van der Waals surface area (Å²) in [6.07, 6.45) is 0. The van der Waals surface area contributed by atoms with Crippen molar-refractivity contribution in [1.82, 2.24) is 0 Å². The fourth-order valence-corrected chi connectivity index (χ4v) is 3.31. The molecule has 2 aromatic carbocycles. The van der Waals surface area contributed by atoms with Crippen LogP contribution < -0.4 is 4.72 Å². The summed E-state index contributed by atoms with van der Waals surface area (Å²) in [7, 11) is -4.13. The van der Waals surface area contributed by atoms with Gasteiger partial charge in [-0.05, 0) is 44.2 Å². The molecule has 0 bridgehead atoms. The summed E-state index contributed by atoms with van der Waals surface area (Å²) in [6.45, 7) is 3.04. The molecule has 0 spiro atoms. The Balaban J connectivity index is 2.53. The molecule has 2 aromatic rings. The SMILES string of the molecule is CCOC(=O)c1ccc(F)c(C)c1NS(=O)(=O)c1cccc(C#N)c1. The number of carbonyl (C=O) groups excluding carboxylic acids is 1. The number of nitrogens with zero attached hydrogens (tertiary/aromatic N) is 1. The van der Waals surface area contributed by atoms with Crippen LogP contribution in [-0.4, -0.2) is 21.0 Å². The lowest BCUT2D eigenvalue weighted by atomic mass is 10.1. The number of rotatable bonds is 5. The predicted molar refractivity (Wildman–Crippen MR) is 89.1 cm³/mol. The molecule has 0 saturated carbocycles. The second kappa shape index (κ2) is 7.32. The zero-order valence-electron chi connectivity index (χ0n) is 13.5. The lowest BCUT2D eigenvalue weighted by molar-refractivity contribution is 0.0527. The standard InChI is InChI=1S/C17H15FN2O4S/c1-3-24-17(21)14-7-8-15(18)11(2)16(14)20-25(22,23)13-6-4-5-12(9-13)10-19/h4-9,20H,3H2,1-2H3. The second-order valence-electron chi connectivity index (χ2n) is 5.06. The number of hydrogen-bond acceptors (Lipinski definition) is 5. The van der Waals surface area contributed by atoms with Crippen LogP contribution in [0, 0.1) is 24.1 Å². The molecule has 0 aromatic heterocycles. The van der Waals surface area contributed by atoms with Crippen LogP contribution in [0.2, 0.25) is 0 Å². The Morgan fingerprint density at radius 3 is 2.68 bits per heavy atom. The minimum atomic E-state index is -4.13. The lowest BCUT2D eigenvalue weighted by Gasteiger charge is -2.15. The molecule has 0 fully saturated rings. The van der Waals surface area contributed by atoms with Gasteiger partial charge in [-0.25, -0.2) is 17.6 Å². The molecule has 0 atom stereocenters. The highest BCUT2D eigenvalue weighted by Crippen LogP contribution is 2.27. The highest BCUT2D eigenvalue weighted by Gasteiger charge is 2.23. The Morgan fingerprint density at radius 2 is 2.04 bits per heavy atom. The van der Waals surface area contributed by atoms with Crippen LogP contribution in [-0.2, 0) is 14.8 Å². The Bertz CT molecular complexity index is 965. The van der Waals surface area contributed by atoms with E-state index < -0.39 is 21.8 Å². The maximum Gasteiger partial charge on any atom is 0.340 e. The maximum atomic E-state index is 13.9. The zero-order chi connectivity index (χ0) is 18.6. The van der Waals surface area contributed by atoms with E-state index in [-0.39, 0.29) is 33.9 Å². The van der Waals surface area contributed by atoms with Crippen LogP contribution in [0.4, 0.5) is 10.1 Å². The average Bonchev–Trinajstić information content (AvgIpc) is 2.59. The van der Waals surface area contributed by atoms with Gasteiger partial charge >= 0.3 is 5.97 Å². The molecule has 25 heavy (non-hydrogen) atoms. The van der Waals surface area contributed by atoms with Gasteiger partial charge in [0, 0.05) is 5.56 Å². The van der Waals surface area contributed by atoms with Crippen LogP contribution in [0.25, 0.3) is 0 Å². The number of carbonyl (C=O) groups is 1. The molecular weight excluding hydrogens is 347 g/mol. The van der Waals surface area contributed by atoms with Gasteiger partial charge in [-0.3, -0.25) is 4.72 Å². The molecule has 1 N–H and O–H groups in total. The number of anilines is 1. The lowest BCUT2D eigenvalue weighted by Crippen LogP contribution is -2.18. The Hall–Kier alpha value is -2.92. The molecule has 2 rings (SSSR count). The zero-order valence-corrected chi connectivity index (χ0v) is 14.4. The molecule has 0 saturated heterocycles. The third-order valence-corrected chi connectivity index (χ3v) is 4.75. The molecule has 0 radical (unpaired) electrons. The molecule has 0 aliphatic carbocycles. The number of hydrogen-bond donors (Lipinski definition) is 1. The number of sulfonamides is 1.